The highest BCUT2D eigenvalue weighted by Gasteiger charge is 2.22. The van der Waals surface area contributed by atoms with Gasteiger partial charge in [0.15, 0.2) is 0 Å². The molecule has 1 heterocycles. The maximum Gasteiger partial charge on any atom is 0.411 e. The molecule has 0 spiro atoms. The van der Waals surface area contributed by atoms with Crippen molar-refractivity contribution in [2.45, 2.75) is 9.79 Å². The lowest BCUT2D eigenvalue weighted by atomic mass is 10.2. The lowest BCUT2D eigenvalue weighted by Crippen LogP contribution is -2.16. The highest BCUT2D eigenvalue weighted by Crippen LogP contribution is 2.48. The standard InChI is InChI=1S/C17H17N3O4S/c1-20-12-6-4-10(18-16(21)23-2)8-14(12)25-15-9-11(5-7-13(15)20)19-17(22)24-3/h4-9H,1-3H3,(H,18,21)(H,19,22). The summed E-state index contributed by atoms with van der Waals surface area (Å²) in [5.74, 6) is 0. The Morgan fingerprint density at radius 1 is 0.880 bits per heavy atom. The number of benzene rings is 2. The zero-order chi connectivity index (χ0) is 18.0. The van der Waals surface area contributed by atoms with E-state index in [1.807, 2.05) is 43.4 Å². The van der Waals surface area contributed by atoms with Crippen molar-refractivity contribution in [3.63, 3.8) is 0 Å². The Hall–Kier alpha value is -2.87. The van der Waals surface area contributed by atoms with E-state index < -0.39 is 12.2 Å². The molecule has 0 aromatic heterocycles. The van der Waals surface area contributed by atoms with E-state index in [0.717, 1.165) is 21.2 Å². The highest BCUT2D eigenvalue weighted by molar-refractivity contribution is 7.99. The first kappa shape index (κ1) is 17.0. The van der Waals surface area contributed by atoms with Crippen LogP contribution in [0.25, 0.3) is 0 Å². The normalized spacial score (nSPS) is 11.9. The molecule has 0 bridgehead atoms. The largest absolute Gasteiger partial charge is 0.453 e. The van der Waals surface area contributed by atoms with Crippen molar-refractivity contribution >= 4 is 46.7 Å². The summed E-state index contributed by atoms with van der Waals surface area (Å²) in [6.45, 7) is 0. The van der Waals surface area contributed by atoms with Gasteiger partial charge in [-0.3, -0.25) is 10.6 Å². The Bertz CT molecular complexity index is 773. The number of hydrogen-bond acceptors (Lipinski definition) is 6. The van der Waals surface area contributed by atoms with Crippen LogP contribution in [0.4, 0.5) is 32.3 Å². The third-order valence-corrected chi connectivity index (χ3v) is 4.82. The first-order valence-corrected chi connectivity index (χ1v) is 8.23. The lowest BCUT2D eigenvalue weighted by Gasteiger charge is -2.30. The number of hydrogen-bond donors (Lipinski definition) is 2. The molecule has 25 heavy (non-hydrogen) atoms. The summed E-state index contributed by atoms with van der Waals surface area (Å²) >= 11 is 1.56. The average Bonchev–Trinajstić information content (AvgIpc) is 2.61. The average molecular weight is 359 g/mol. The van der Waals surface area contributed by atoms with Crippen LogP contribution in [0, 0.1) is 0 Å². The van der Waals surface area contributed by atoms with Gasteiger partial charge < -0.3 is 14.4 Å². The number of fused-ring (bicyclic) bond motifs is 2. The molecule has 1 aliphatic rings. The summed E-state index contributed by atoms with van der Waals surface area (Å²) in [4.78, 5) is 26.8. The van der Waals surface area contributed by atoms with Gasteiger partial charge in [-0.25, -0.2) is 9.59 Å². The number of amides is 2. The minimum atomic E-state index is -0.515. The maximum atomic E-state index is 11.4. The molecule has 0 radical (unpaired) electrons. The second kappa shape index (κ2) is 6.94. The van der Waals surface area contributed by atoms with Gasteiger partial charge in [0.05, 0.1) is 25.6 Å². The van der Waals surface area contributed by atoms with Crippen molar-refractivity contribution in [3.05, 3.63) is 36.4 Å². The van der Waals surface area contributed by atoms with Gasteiger partial charge in [-0.15, -0.1) is 0 Å². The van der Waals surface area contributed by atoms with E-state index in [0.29, 0.717) is 11.4 Å². The summed E-state index contributed by atoms with van der Waals surface area (Å²) in [5, 5.41) is 5.32. The van der Waals surface area contributed by atoms with Gasteiger partial charge >= 0.3 is 12.2 Å². The van der Waals surface area contributed by atoms with E-state index in [1.54, 1.807) is 11.8 Å². The molecule has 3 rings (SSSR count). The van der Waals surface area contributed by atoms with Crippen LogP contribution >= 0.6 is 11.8 Å². The second-order valence-corrected chi connectivity index (χ2v) is 6.34. The first-order valence-electron chi connectivity index (χ1n) is 7.41. The van der Waals surface area contributed by atoms with Crippen LogP contribution in [0.5, 0.6) is 0 Å². The number of carbonyl (C=O) groups is 2. The molecule has 0 saturated carbocycles. The molecule has 2 N–H and O–H groups in total. The molecule has 2 amide bonds. The van der Waals surface area contributed by atoms with Crippen LogP contribution in [0.3, 0.4) is 0 Å². The molecule has 2 aromatic carbocycles. The fourth-order valence-electron chi connectivity index (χ4n) is 2.49. The van der Waals surface area contributed by atoms with Gasteiger partial charge in [0.2, 0.25) is 0 Å². The Labute approximate surface area is 149 Å². The molecule has 0 atom stereocenters. The number of carbonyl (C=O) groups excluding carboxylic acids is 2. The van der Waals surface area contributed by atoms with Crippen molar-refractivity contribution in [2.75, 3.05) is 36.8 Å². The number of methoxy groups -OCH3 is 2. The summed E-state index contributed by atoms with van der Waals surface area (Å²) in [6, 6.07) is 11.3. The number of ether oxygens (including phenoxy) is 2. The Morgan fingerprint density at radius 3 is 1.72 bits per heavy atom. The quantitative estimate of drug-likeness (QED) is 0.833. The molecule has 1 aliphatic heterocycles. The molecule has 0 saturated heterocycles. The van der Waals surface area contributed by atoms with E-state index in [4.69, 9.17) is 0 Å². The second-order valence-electron chi connectivity index (χ2n) is 5.26. The van der Waals surface area contributed by atoms with Crippen LogP contribution < -0.4 is 15.5 Å². The van der Waals surface area contributed by atoms with Crippen molar-refractivity contribution < 1.29 is 19.1 Å². The zero-order valence-corrected chi connectivity index (χ0v) is 14.8. The summed E-state index contributed by atoms with van der Waals surface area (Å²) in [5.41, 5.74) is 3.36. The number of nitrogens with zero attached hydrogens (tertiary/aromatic N) is 1. The van der Waals surface area contributed by atoms with Gasteiger partial charge in [-0.2, -0.15) is 0 Å². The molecule has 0 aliphatic carbocycles. The van der Waals surface area contributed by atoms with E-state index in [-0.39, 0.29) is 0 Å². The topological polar surface area (TPSA) is 79.9 Å². The molecular weight excluding hydrogens is 342 g/mol. The third kappa shape index (κ3) is 3.48. The van der Waals surface area contributed by atoms with E-state index in [2.05, 4.69) is 25.0 Å². The van der Waals surface area contributed by atoms with Crippen LogP contribution in [-0.4, -0.2) is 33.5 Å². The fourth-order valence-corrected chi connectivity index (χ4v) is 3.72. The smallest absolute Gasteiger partial charge is 0.411 e. The SMILES string of the molecule is COC(=O)Nc1ccc2c(c1)Sc1cc(NC(=O)OC)ccc1N2C. The monoisotopic (exact) mass is 359 g/mol. The van der Waals surface area contributed by atoms with Gasteiger partial charge in [-0.05, 0) is 36.4 Å². The van der Waals surface area contributed by atoms with Crippen molar-refractivity contribution in [1.82, 2.24) is 0 Å². The molecule has 0 unspecified atom stereocenters. The summed E-state index contributed by atoms with van der Waals surface area (Å²) in [6.07, 6.45) is -1.03. The maximum absolute atomic E-state index is 11.4. The Kier molecular flexibility index (Phi) is 4.71. The Balaban J connectivity index is 1.90. The van der Waals surface area contributed by atoms with Gasteiger partial charge in [0, 0.05) is 28.2 Å². The molecule has 2 aromatic rings. The van der Waals surface area contributed by atoms with Gasteiger partial charge in [0.25, 0.3) is 0 Å². The molecule has 0 fully saturated rings. The van der Waals surface area contributed by atoms with E-state index >= 15 is 0 Å². The van der Waals surface area contributed by atoms with E-state index in [9.17, 15) is 9.59 Å². The Morgan fingerprint density at radius 2 is 1.32 bits per heavy atom. The van der Waals surface area contributed by atoms with Gasteiger partial charge in [-0.1, -0.05) is 11.8 Å². The number of anilines is 4. The van der Waals surface area contributed by atoms with Crippen molar-refractivity contribution in [2.24, 2.45) is 0 Å². The zero-order valence-electron chi connectivity index (χ0n) is 14.0. The van der Waals surface area contributed by atoms with Crippen LogP contribution in [-0.2, 0) is 9.47 Å². The third-order valence-electron chi connectivity index (χ3n) is 3.73. The minimum Gasteiger partial charge on any atom is -0.453 e. The van der Waals surface area contributed by atoms with Crippen molar-refractivity contribution in [1.29, 1.82) is 0 Å². The minimum absolute atomic E-state index is 0.515. The number of rotatable bonds is 2. The first-order chi connectivity index (χ1) is 12.0. The molecule has 130 valence electrons. The van der Waals surface area contributed by atoms with Crippen LogP contribution in [0.15, 0.2) is 46.2 Å². The molecule has 8 heteroatoms. The predicted molar refractivity (Wildman–Crippen MR) is 97.1 cm³/mol. The van der Waals surface area contributed by atoms with Gasteiger partial charge in [0.1, 0.15) is 0 Å². The molecule has 7 nitrogen and oxygen atoms in total. The fraction of sp³-hybridized carbons (Fsp3) is 0.176. The highest BCUT2D eigenvalue weighted by atomic mass is 32.2. The van der Waals surface area contributed by atoms with E-state index in [1.165, 1.54) is 14.2 Å². The summed E-state index contributed by atoms with van der Waals surface area (Å²) in [7, 11) is 4.61. The summed E-state index contributed by atoms with van der Waals surface area (Å²) < 4.78 is 9.24. The molecular formula is C17H17N3O4S. The predicted octanol–water partition coefficient (Wildman–Crippen LogP) is 4.28. The van der Waals surface area contributed by atoms with Crippen LogP contribution in [0.1, 0.15) is 0 Å². The van der Waals surface area contributed by atoms with Crippen molar-refractivity contribution in [3.8, 4) is 0 Å². The number of nitrogens with one attached hydrogen (secondary N) is 2. The lowest BCUT2D eigenvalue weighted by molar-refractivity contribution is 0.186. The van der Waals surface area contributed by atoms with Crippen LogP contribution in [0.2, 0.25) is 0 Å².